The summed E-state index contributed by atoms with van der Waals surface area (Å²) >= 11 is 0. The minimum absolute atomic E-state index is 0.0289. The van der Waals surface area contributed by atoms with Crippen LogP contribution in [0.4, 0.5) is 0 Å². The number of nitrogens with one attached hydrogen (secondary N) is 1. The molecule has 0 radical (unpaired) electrons. The molecule has 1 fully saturated rings. The topological polar surface area (TPSA) is 118 Å². The lowest BCUT2D eigenvalue weighted by atomic mass is 9.84. The van der Waals surface area contributed by atoms with Gasteiger partial charge in [0.25, 0.3) is 10.1 Å². The lowest BCUT2D eigenvalue weighted by Gasteiger charge is -2.22. The summed E-state index contributed by atoms with van der Waals surface area (Å²) in [5, 5.41) is 5.00. The Morgan fingerprint density at radius 1 is 0.750 bits per heavy atom. The molecule has 1 saturated carbocycles. The highest BCUT2D eigenvalue weighted by molar-refractivity contribution is 7.89. The molecule has 0 amide bonds. The Hall–Kier alpha value is -2.69. The molecule has 48 heavy (non-hydrogen) atoms. The Bertz CT molecular complexity index is 1730. The van der Waals surface area contributed by atoms with Gasteiger partial charge in [-0.15, -0.1) is 0 Å². The first-order chi connectivity index (χ1) is 23.1. The first-order valence-corrected chi connectivity index (χ1v) is 21.4. The van der Waals surface area contributed by atoms with Crippen LogP contribution >= 0.6 is 0 Å². The van der Waals surface area contributed by atoms with E-state index >= 15 is 0 Å². The Kier molecular flexibility index (Phi) is 15.0. The highest BCUT2D eigenvalue weighted by Gasteiger charge is 2.17. The van der Waals surface area contributed by atoms with Gasteiger partial charge in [-0.05, 0) is 60.6 Å². The number of sulfonamides is 1. The van der Waals surface area contributed by atoms with E-state index in [1.54, 1.807) is 12.1 Å². The second-order valence-electron chi connectivity index (χ2n) is 13.7. The predicted molar refractivity (Wildman–Crippen MR) is 197 cm³/mol. The van der Waals surface area contributed by atoms with Gasteiger partial charge in [0.05, 0.1) is 27.2 Å². The van der Waals surface area contributed by atoms with Crippen molar-refractivity contribution in [2.45, 2.75) is 140 Å². The molecule has 0 atom stereocenters. The van der Waals surface area contributed by atoms with E-state index in [0.29, 0.717) is 23.2 Å². The lowest BCUT2D eigenvalue weighted by Crippen LogP contribution is -2.25. The monoisotopic (exact) mass is 699 g/mol. The van der Waals surface area contributed by atoms with E-state index in [1.807, 2.05) is 11.6 Å². The zero-order valence-electron chi connectivity index (χ0n) is 29.1. The lowest BCUT2D eigenvalue weighted by molar-refractivity contribution is 0.443. The van der Waals surface area contributed by atoms with E-state index in [0.717, 1.165) is 30.5 Å². The van der Waals surface area contributed by atoms with Crippen LogP contribution in [0.15, 0.2) is 58.5 Å². The molecule has 0 unspecified atom stereocenters. The molecule has 0 spiro atoms. The van der Waals surface area contributed by atoms with Crippen LogP contribution < -0.4 is 10.2 Å². The summed E-state index contributed by atoms with van der Waals surface area (Å²) in [7, 11) is -6.29. The molecule has 4 rings (SSSR count). The summed E-state index contributed by atoms with van der Waals surface area (Å²) in [5.74, 6) is 0.551. The molecule has 0 bridgehead atoms. The number of hydrogen-bond acceptors (Lipinski definition) is 5. The largest absolute Gasteiger partial charge is 0.344 e. The Balaban J connectivity index is 1.39. The van der Waals surface area contributed by atoms with Gasteiger partial charge in [0.15, 0.2) is 0 Å². The normalized spacial score (nSPS) is 14.9. The second kappa shape index (κ2) is 18.9. The van der Waals surface area contributed by atoms with E-state index in [4.69, 9.17) is 0 Å². The number of aryl methyl sites for hydroxylation is 1. The van der Waals surface area contributed by atoms with Crippen molar-refractivity contribution in [2.75, 3.05) is 5.75 Å². The molecule has 1 aliphatic carbocycles. The number of hydrogen-bond donors (Lipinski definition) is 2. The van der Waals surface area contributed by atoms with Crippen molar-refractivity contribution in [3.05, 3.63) is 59.5 Å². The van der Waals surface area contributed by atoms with Crippen molar-refractivity contribution in [3.8, 4) is 11.3 Å². The smallest absolute Gasteiger partial charge is 0.294 e. The van der Waals surface area contributed by atoms with Crippen LogP contribution in [0.2, 0.25) is 0 Å². The molecule has 0 aliphatic heterocycles. The summed E-state index contributed by atoms with van der Waals surface area (Å²) in [5.41, 5.74) is 3.74. The fourth-order valence-electron chi connectivity index (χ4n) is 6.99. The van der Waals surface area contributed by atoms with Crippen LogP contribution in [-0.4, -0.2) is 31.7 Å². The van der Waals surface area contributed by atoms with Gasteiger partial charge in [0.2, 0.25) is 10.0 Å². The van der Waals surface area contributed by atoms with Gasteiger partial charge < -0.3 is 4.57 Å². The first-order valence-electron chi connectivity index (χ1n) is 18.3. The third-order valence-corrected chi connectivity index (χ3v) is 11.9. The number of unbranched alkanes of at least 4 members (excludes halogenated alkanes) is 13. The number of nitrogens with zero attached hydrogens (tertiary/aromatic N) is 2. The van der Waals surface area contributed by atoms with Crippen molar-refractivity contribution in [1.82, 2.24) is 9.40 Å². The highest BCUT2D eigenvalue weighted by atomic mass is 32.2. The molecule has 266 valence electrons. The van der Waals surface area contributed by atoms with E-state index in [1.165, 1.54) is 114 Å². The molecule has 1 aromatic heterocycles. The van der Waals surface area contributed by atoms with E-state index in [-0.39, 0.29) is 16.0 Å². The van der Waals surface area contributed by atoms with Gasteiger partial charge in [-0.2, -0.15) is 13.5 Å². The van der Waals surface area contributed by atoms with E-state index in [9.17, 15) is 21.4 Å². The van der Waals surface area contributed by atoms with Crippen molar-refractivity contribution >= 4 is 31.0 Å². The molecule has 8 nitrogen and oxygen atoms in total. The SMILES string of the molecule is CCCCCCCCCCCCCCCCS(=O)(=O)N/N=c1\cc(-c2ccc(C3CCCCC3)cc2)n(C)c2ccc(S(=O)(=O)O)cc12. The Morgan fingerprint density at radius 3 is 1.88 bits per heavy atom. The molecule has 2 aromatic carbocycles. The van der Waals surface area contributed by atoms with E-state index < -0.39 is 20.1 Å². The maximum Gasteiger partial charge on any atom is 0.294 e. The zero-order valence-corrected chi connectivity index (χ0v) is 30.8. The van der Waals surface area contributed by atoms with Crippen LogP contribution in [0.5, 0.6) is 0 Å². The van der Waals surface area contributed by atoms with Crippen LogP contribution in [-0.2, 0) is 27.2 Å². The fourth-order valence-corrected chi connectivity index (χ4v) is 8.41. The highest BCUT2D eigenvalue weighted by Crippen LogP contribution is 2.34. The van der Waals surface area contributed by atoms with Crippen LogP contribution in [0.1, 0.15) is 140 Å². The molecule has 10 heteroatoms. The fraction of sp³-hybridized carbons (Fsp3) is 0.605. The number of pyridine rings is 1. The number of aromatic nitrogens is 1. The van der Waals surface area contributed by atoms with Crippen molar-refractivity contribution in [3.63, 3.8) is 0 Å². The molecule has 3 aromatic rings. The van der Waals surface area contributed by atoms with E-state index in [2.05, 4.69) is 41.1 Å². The summed E-state index contributed by atoms with van der Waals surface area (Å²) in [6.07, 6.45) is 22.9. The Morgan fingerprint density at radius 2 is 1.31 bits per heavy atom. The third kappa shape index (κ3) is 11.7. The standard InChI is InChI=1S/C38H57N3O5S2/c1-3-4-5-6-7-8-9-10-11-12-13-14-15-19-28-47(42,43)40-39-36-30-38(33-24-22-32(23-25-33)31-20-17-16-18-21-31)41(2)37-27-26-34(29-35(36)37)48(44,45)46/h22-27,29-31,40H,3-21,28H2,1-2H3,(H,44,45,46)/b39-36+. The van der Waals surface area contributed by atoms with Crippen LogP contribution in [0.25, 0.3) is 22.2 Å². The van der Waals surface area contributed by atoms with Crippen molar-refractivity contribution in [1.29, 1.82) is 0 Å². The molecular weight excluding hydrogens is 643 g/mol. The quantitative estimate of drug-likeness (QED) is 0.0692. The number of fused-ring (bicyclic) bond motifs is 1. The average molecular weight is 700 g/mol. The van der Waals surface area contributed by atoms with Crippen LogP contribution in [0.3, 0.4) is 0 Å². The van der Waals surface area contributed by atoms with Gasteiger partial charge in [-0.25, -0.2) is 13.2 Å². The van der Waals surface area contributed by atoms with Gasteiger partial charge in [-0.1, -0.05) is 134 Å². The summed E-state index contributed by atoms with van der Waals surface area (Å²) in [4.78, 5) is 2.12. The molecule has 0 saturated heterocycles. The zero-order chi connectivity index (χ0) is 34.4. The summed E-state index contributed by atoms with van der Waals surface area (Å²) < 4.78 is 61.5. The first kappa shape index (κ1) is 38.1. The number of benzene rings is 2. The minimum Gasteiger partial charge on any atom is -0.344 e. The second-order valence-corrected chi connectivity index (χ2v) is 16.9. The summed E-state index contributed by atoms with van der Waals surface area (Å²) in [6, 6.07) is 14.6. The van der Waals surface area contributed by atoms with Gasteiger partial charge in [-0.3, -0.25) is 4.55 Å². The maximum absolute atomic E-state index is 12.9. The predicted octanol–water partition coefficient (Wildman–Crippen LogP) is 9.36. The van der Waals surface area contributed by atoms with Gasteiger partial charge in [0.1, 0.15) is 0 Å². The van der Waals surface area contributed by atoms with Crippen LogP contribution in [0, 0.1) is 0 Å². The van der Waals surface area contributed by atoms with Gasteiger partial charge in [0, 0.05) is 12.4 Å². The van der Waals surface area contributed by atoms with Crippen molar-refractivity contribution < 1.29 is 21.4 Å². The molecular formula is C38H57N3O5S2. The summed E-state index contributed by atoms with van der Waals surface area (Å²) in [6.45, 7) is 2.25. The van der Waals surface area contributed by atoms with Crippen molar-refractivity contribution in [2.24, 2.45) is 12.1 Å². The number of rotatable bonds is 20. The minimum atomic E-state index is -4.47. The maximum atomic E-state index is 12.9. The molecule has 2 N–H and O–H groups in total. The average Bonchev–Trinajstić information content (AvgIpc) is 3.08. The Labute approximate surface area is 289 Å². The molecule has 1 aliphatic rings. The van der Waals surface area contributed by atoms with Gasteiger partial charge >= 0.3 is 0 Å². The third-order valence-electron chi connectivity index (χ3n) is 9.89. The molecule has 1 heterocycles.